The Morgan fingerprint density at radius 2 is 1.76 bits per heavy atom. The molecule has 1 heterocycles. The number of nitrogens with zero attached hydrogens (tertiary/aromatic N) is 1. The molecule has 0 saturated heterocycles. The van der Waals surface area contributed by atoms with Crippen LogP contribution in [0.4, 0.5) is 4.39 Å². The predicted molar refractivity (Wildman–Crippen MR) is 122 cm³/mol. The number of hydrogen-bond donors (Lipinski definition) is 0. The first-order chi connectivity index (χ1) is 16.0. The van der Waals surface area contributed by atoms with E-state index in [9.17, 15) is 14.0 Å². The topological polar surface area (TPSA) is 78.6 Å². The van der Waals surface area contributed by atoms with Crippen LogP contribution in [-0.4, -0.2) is 23.5 Å². The van der Waals surface area contributed by atoms with E-state index in [1.807, 2.05) is 6.07 Å². The minimum absolute atomic E-state index is 0.000141. The summed E-state index contributed by atoms with van der Waals surface area (Å²) in [5.74, 6) is -1.88. The molecule has 0 amide bonds. The fourth-order valence-electron chi connectivity index (χ4n) is 3.13. The van der Waals surface area contributed by atoms with Gasteiger partial charge in [0.2, 0.25) is 0 Å². The summed E-state index contributed by atoms with van der Waals surface area (Å²) in [4.78, 5) is 25.7. The van der Waals surface area contributed by atoms with Gasteiger partial charge in [0.1, 0.15) is 17.0 Å². The highest BCUT2D eigenvalue weighted by Gasteiger charge is 2.30. The Kier molecular flexibility index (Phi) is 6.65. The minimum atomic E-state index is -0.832. The van der Waals surface area contributed by atoms with Gasteiger partial charge in [-0.1, -0.05) is 39.3 Å². The van der Waals surface area contributed by atoms with E-state index in [-0.39, 0.29) is 34.9 Å². The molecule has 4 rings (SSSR count). The SMILES string of the molecule is CCOC(=O)c1onc(-c2ccc(Oc3ccccc3)c(F)c2)c1C(=O)c1ccc(Br)cc1. The highest BCUT2D eigenvalue weighted by Crippen LogP contribution is 2.33. The quantitative estimate of drug-likeness (QED) is 0.210. The number of ether oxygens (including phenoxy) is 2. The van der Waals surface area contributed by atoms with Crippen molar-refractivity contribution in [2.24, 2.45) is 0 Å². The van der Waals surface area contributed by atoms with E-state index in [0.717, 1.165) is 4.47 Å². The second-order valence-corrected chi connectivity index (χ2v) is 7.77. The molecule has 0 radical (unpaired) electrons. The highest BCUT2D eigenvalue weighted by atomic mass is 79.9. The fourth-order valence-corrected chi connectivity index (χ4v) is 3.39. The second-order valence-electron chi connectivity index (χ2n) is 6.85. The summed E-state index contributed by atoms with van der Waals surface area (Å²) in [7, 11) is 0. The average molecular weight is 510 g/mol. The van der Waals surface area contributed by atoms with Crippen LogP contribution in [0.5, 0.6) is 11.5 Å². The number of ketones is 1. The molecule has 0 aliphatic carbocycles. The van der Waals surface area contributed by atoms with Gasteiger partial charge in [-0.05, 0) is 61.5 Å². The Hall–Kier alpha value is -3.78. The molecule has 1 aromatic heterocycles. The number of esters is 1. The van der Waals surface area contributed by atoms with Gasteiger partial charge < -0.3 is 14.0 Å². The maximum Gasteiger partial charge on any atom is 0.377 e. The number of carbonyl (C=O) groups is 2. The number of halogens is 2. The number of para-hydroxylation sites is 1. The van der Waals surface area contributed by atoms with Crippen molar-refractivity contribution >= 4 is 27.7 Å². The predicted octanol–water partition coefficient (Wildman–Crippen LogP) is 6.44. The first kappa shape index (κ1) is 22.4. The Morgan fingerprint density at radius 1 is 1.03 bits per heavy atom. The van der Waals surface area contributed by atoms with Crippen molar-refractivity contribution < 1.29 is 28.0 Å². The summed E-state index contributed by atoms with van der Waals surface area (Å²) in [5, 5.41) is 3.90. The first-order valence-electron chi connectivity index (χ1n) is 9.97. The van der Waals surface area contributed by atoms with Crippen molar-refractivity contribution in [1.82, 2.24) is 5.16 Å². The molecule has 0 aliphatic rings. The van der Waals surface area contributed by atoms with E-state index in [1.54, 1.807) is 55.5 Å². The minimum Gasteiger partial charge on any atom is -0.460 e. The van der Waals surface area contributed by atoms with Gasteiger partial charge in [0.05, 0.1) is 6.61 Å². The van der Waals surface area contributed by atoms with Gasteiger partial charge >= 0.3 is 5.97 Å². The van der Waals surface area contributed by atoms with Crippen LogP contribution in [0.3, 0.4) is 0 Å². The Labute approximate surface area is 197 Å². The Balaban J connectivity index is 1.75. The molecule has 0 unspecified atom stereocenters. The van der Waals surface area contributed by atoms with Gasteiger partial charge in [-0.3, -0.25) is 4.79 Å². The van der Waals surface area contributed by atoms with E-state index in [0.29, 0.717) is 11.3 Å². The summed E-state index contributed by atoms with van der Waals surface area (Å²) < 4.78 is 31.4. The van der Waals surface area contributed by atoms with Crippen molar-refractivity contribution in [3.63, 3.8) is 0 Å². The van der Waals surface area contributed by atoms with Crippen LogP contribution >= 0.6 is 15.9 Å². The van der Waals surface area contributed by atoms with Crippen molar-refractivity contribution in [1.29, 1.82) is 0 Å². The lowest BCUT2D eigenvalue weighted by atomic mass is 9.97. The maximum atomic E-state index is 14.8. The van der Waals surface area contributed by atoms with E-state index < -0.39 is 17.6 Å². The van der Waals surface area contributed by atoms with Crippen molar-refractivity contribution in [2.75, 3.05) is 6.61 Å². The average Bonchev–Trinajstić information content (AvgIpc) is 3.26. The molecular formula is C25H17BrFNO5. The van der Waals surface area contributed by atoms with Crippen molar-refractivity contribution in [2.45, 2.75) is 6.92 Å². The molecule has 0 bridgehead atoms. The zero-order valence-corrected chi connectivity index (χ0v) is 19.0. The zero-order valence-electron chi connectivity index (χ0n) is 17.4. The molecule has 8 heteroatoms. The molecule has 0 atom stereocenters. The molecule has 3 aromatic carbocycles. The summed E-state index contributed by atoms with van der Waals surface area (Å²) >= 11 is 3.32. The van der Waals surface area contributed by atoms with Gasteiger partial charge in [0.15, 0.2) is 17.3 Å². The van der Waals surface area contributed by atoms with Gasteiger partial charge in [-0.2, -0.15) is 0 Å². The third-order valence-corrected chi connectivity index (χ3v) is 5.19. The van der Waals surface area contributed by atoms with Gasteiger partial charge in [0.25, 0.3) is 5.76 Å². The lowest BCUT2D eigenvalue weighted by Crippen LogP contribution is -2.11. The van der Waals surface area contributed by atoms with Crippen LogP contribution in [0.25, 0.3) is 11.3 Å². The van der Waals surface area contributed by atoms with Gasteiger partial charge in [0, 0.05) is 15.6 Å². The van der Waals surface area contributed by atoms with Crippen LogP contribution in [0.15, 0.2) is 81.8 Å². The third kappa shape index (κ3) is 4.85. The van der Waals surface area contributed by atoms with Crippen LogP contribution in [0.2, 0.25) is 0 Å². The maximum absolute atomic E-state index is 14.8. The van der Waals surface area contributed by atoms with Crippen molar-refractivity contribution in [3.05, 3.63) is 100.0 Å². The smallest absolute Gasteiger partial charge is 0.377 e. The highest BCUT2D eigenvalue weighted by molar-refractivity contribution is 9.10. The van der Waals surface area contributed by atoms with E-state index in [2.05, 4.69) is 21.1 Å². The lowest BCUT2D eigenvalue weighted by molar-refractivity contribution is 0.0476. The summed E-state index contributed by atoms with van der Waals surface area (Å²) in [6.45, 7) is 1.72. The van der Waals surface area contributed by atoms with Gasteiger partial charge in [-0.15, -0.1) is 0 Å². The number of aromatic nitrogens is 1. The molecule has 6 nitrogen and oxygen atoms in total. The molecule has 0 aliphatic heterocycles. The zero-order chi connectivity index (χ0) is 23.4. The molecule has 0 saturated carbocycles. The number of rotatable bonds is 7. The summed E-state index contributed by atoms with van der Waals surface area (Å²) in [5.41, 5.74) is 0.466. The molecule has 4 aromatic rings. The van der Waals surface area contributed by atoms with Gasteiger partial charge in [-0.25, -0.2) is 9.18 Å². The lowest BCUT2D eigenvalue weighted by Gasteiger charge is -2.08. The van der Waals surface area contributed by atoms with Crippen molar-refractivity contribution in [3.8, 4) is 22.8 Å². The second kappa shape index (κ2) is 9.79. The van der Waals surface area contributed by atoms with Crippen LogP contribution in [-0.2, 0) is 4.74 Å². The normalized spacial score (nSPS) is 10.6. The largest absolute Gasteiger partial charge is 0.460 e. The third-order valence-electron chi connectivity index (χ3n) is 4.66. The Bertz CT molecular complexity index is 1300. The standard InChI is InChI=1S/C25H17BrFNO5/c1-2-31-25(30)24-21(23(29)15-8-11-17(26)12-9-15)22(28-33-24)16-10-13-20(19(27)14-16)32-18-6-4-3-5-7-18/h3-14H,2H2,1H3. The van der Waals surface area contributed by atoms with Crippen LogP contribution < -0.4 is 4.74 Å². The number of benzene rings is 3. The summed E-state index contributed by atoms with van der Waals surface area (Å²) in [6.07, 6.45) is 0. The molecular weight excluding hydrogens is 493 g/mol. The first-order valence-corrected chi connectivity index (χ1v) is 10.8. The fraction of sp³-hybridized carbons (Fsp3) is 0.0800. The molecule has 166 valence electrons. The molecule has 0 spiro atoms. The molecule has 33 heavy (non-hydrogen) atoms. The number of hydrogen-bond acceptors (Lipinski definition) is 6. The monoisotopic (exact) mass is 509 g/mol. The van der Waals surface area contributed by atoms with Crippen LogP contribution in [0, 0.1) is 5.82 Å². The Morgan fingerprint density at radius 3 is 2.42 bits per heavy atom. The molecule has 0 N–H and O–H groups in total. The van der Waals surface area contributed by atoms with E-state index >= 15 is 0 Å². The number of carbonyl (C=O) groups excluding carboxylic acids is 2. The van der Waals surface area contributed by atoms with E-state index in [1.165, 1.54) is 18.2 Å². The van der Waals surface area contributed by atoms with E-state index in [4.69, 9.17) is 14.0 Å². The molecule has 0 fully saturated rings. The summed E-state index contributed by atoms with van der Waals surface area (Å²) in [6, 6.07) is 19.5. The van der Waals surface area contributed by atoms with Crippen LogP contribution in [0.1, 0.15) is 33.4 Å².